The lowest BCUT2D eigenvalue weighted by Crippen LogP contribution is -2.36. The fourth-order valence-corrected chi connectivity index (χ4v) is 2.75. The first kappa shape index (κ1) is 20.1. The molecule has 0 spiro atoms. The summed E-state index contributed by atoms with van der Waals surface area (Å²) in [6.45, 7) is 0.552. The Labute approximate surface area is 156 Å². The minimum absolute atomic E-state index is 0.0831. The van der Waals surface area contributed by atoms with Gasteiger partial charge in [-0.1, -0.05) is 23.7 Å². The van der Waals surface area contributed by atoms with Gasteiger partial charge in [-0.3, -0.25) is 9.69 Å². The van der Waals surface area contributed by atoms with Crippen LogP contribution in [0, 0.1) is 11.6 Å². The van der Waals surface area contributed by atoms with E-state index in [0.717, 1.165) is 0 Å². The van der Waals surface area contributed by atoms with Crippen LogP contribution < -0.4 is 4.74 Å². The summed E-state index contributed by atoms with van der Waals surface area (Å²) in [5, 5.41) is 0.325. The molecule has 140 valence electrons. The van der Waals surface area contributed by atoms with E-state index in [2.05, 4.69) is 0 Å². The summed E-state index contributed by atoms with van der Waals surface area (Å²) in [7, 11) is 4.74. The van der Waals surface area contributed by atoms with Crippen molar-refractivity contribution in [1.82, 2.24) is 9.80 Å². The van der Waals surface area contributed by atoms with Crippen LogP contribution in [0.3, 0.4) is 0 Å². The minimum Gasteiger partial charge on any atom is -0.494 e. The number of rotatable bonds is 7. The summed E-state index contributed by atoms with van der Waals surface area (Å²) in [5.74, 6) is -0.892. The highest BCUT2D eigenvalue weighted by molar-refractivity contribution is 6.31. The Morgan fingerprint density at radius 1 is 1.12 bits per heavy atom. The molecule has 2 rings (SSSR count). The molecule has 0 aliphatic carbocycles. The topological polar surface area (TPSA) is 32.8 Å². The molecule has 0 fully saturated rings. The number of carbonyl (C=O) groups excluding carboxylic acids is 1. The van der Waals surface area contributed by atoms with Crippen LogP contribution in [-0.4, -0.2) is 43.5 Å². The molecule has 0 aromatic heterocycles. The maximum absolute atomic E-state index is 13.8. The first-order valence-corrected chi connectivity index (χ1v) is 8.37. The van der Waals surface area contributed by atoms with Crippen LogP contribution in [0.4, 0.5) is 8.78 Å². The third-order valence-electron chi connectivity index (χ3n) is 3.96. The van der Waals surface area contributed by atoms with E-state index >= 15 is 0 Å². The SMILES string of the molecule is COc1ccc(CN(C)C(=O)CN(C)Cc2c(F)cccc2Cl)cc1F. The minimum atomic E-state index is -0.475. The van der Waals surface area contributed by atoms with E-state index in [-0.39, 0.29) is 31.3 Å². The molecule has 26 heavy (non-hydrogen) atoms. The highest BCUT2D eigenvalue weighted by Gasteiger charge is 2.16. The largest absolute Gasteiger partial charge is 0.494 e. The number of methoxy groups -OCH3 is 1. The third-order valence-corrected chi connectivity index (χ3v) is 4.31. The van der Waals surface area contributed by atoms with E-state index in [9.17, 15) is 13.6 Å². The normalized spacial score (nSPS) is 10.9. The van der Waals surface area contributed by atoms with Crippen molar-refractivity contribution in [1.29, 1.82) is 0 Å². The molecule has 0 saturated heterocycles. The fourth-order valence-electron chi connectivity index (χ4n) is 2.53. The Hall–Kier alpha value is -2.18. The van der Waals surface area contributed by atoms with Crippen LogP contribution in [-0.2, 0) is 17.9 Å². The molecule has 0 atom stereocenters. The molecule has 0 heterocycles. The van der Waals surface area contributed by atoms with E-state index < -0.39 is 11.6 Å². The summed E-state index contributed by atoms with van der Waals surface area (Å²) < 4.78 is 32.5. The standard InChI is InChI=1S/C19H21ClF2N2O2/c1-23(11-14-15(20)5-4-6-16(14)21)12-19(25)24(2)10-13-7-8-18(26-3)17(22)9-13/h4-9H,10-12H2,1-3H3. The van der Waals surface area contributed by atoms with Gasteiger partial charge in [0.25, 0.3) is 0 Å². The molecular weight excluding hydrogens is 362 g/mol. The average molecular weight is 383 g/mol. The molecule has 1 amide bonds. The molecule has 0 unspecified atom stereocenters. The first-order valence-electron chi connectivity index (χ1n) is 7.99. The van der Waals surface area contributed by atoms with E-state index in [1.807, 2.05) is 0 Å². The molecule has 0 bridgehead atoms. The Morgan fingerprint density at radius 2 is 1.85 bits per heavy atom. The number of halogens is 3. The number of likely N-dealkylation sites (N-methyl/N-ethyl adjacent to an activating group) is 2. The van der Waals surface area contributed by atoms with Gasteiger partial charge >= 0.3 is 0 Å². The molecule has 0 saturated carbocycles. The van der Waals surface area contributed by atoms with Crippen LogP contribution in [0.5, 0.6) is 5.75 Å². The lowest BCUT2D eigenvalue weighted by atomic mass is 10.2. The van der Waals surface area contributed by atoms with E-state index in [4.69, 9.17) is 16.3 Å². The summed E-state index contributed by atoms with van der Waals surface area (Å²) >= 11 is 6.01. The van der Waals surface area contributed by atoms with Crippen LogP contribution >= 0.6 is 11.6 Å². The Kier molecular flexibility index (Phi) is 6.94. The van der Waals surface area contributed by atoms with Gasteiger partial charge < -0.3 is 9.64 Å². The summed E-state index contributed by atoms with van der Waals surface area (Å²) in [4.78, 5) is 15.5. The van der Waals surface area contributed by atoms with Crippen LogP contribution in [0.15, 0.2) is 36.4 Å². The number of ether oxygens (including phenoxy) is 1. The van der Waals surface area contributed by atoms with Gasteiger partial charge in [-0.05, 0) is 36.9 Å². The second kappa shape index (κ2) is 8.96. The number of amides is 1. The summed E-state index contributed by atoms with van der Waals surface area (Å²) in [5.41, 5.74) is 1.00. The van der Waals surface area contributed by atoms with Crippen molar-refractivity contribution in [2.75, 3.05) is 27.7 Å². The lowest BCUT2D eigenvalue weighted by molar-refractivity contribution is -0.131. The van der Waals surface area contributed by atoms with Gasteiger partial charge in [0.1, 0.15) is 5.82 Å². The maximum Gasteiger partial charge on any atom is 0.236 e. The van der Waals surface area contributed by atoms with E-state index in [1.54, 1.807) is 31.1 Å². The van der Waals surface area contributed by atoms with Gasteiger partial charge in [-0.15, -0.1) is 0 Å². The van der Waals surface area contributed by atoms with Gasteiger partial charge in [0.2, 0.25) is 5.91 Å². The van der Waals surface area contributed by atoms with Crippen molar-refractivity contribution in [3.05, 3.63) is 64.2 Å². The van der Waals surface area contributed by atoms with Gasteiger partial charge in [0.15, 0.2) is 11.6 Å². The predicted molar refractivity (Wildman–Crippen MR) is 97.2 cm³/mol. The van der Waals surface area contributed by atoms with Crippen molar-refractivity contribution in [2.45, 2.75) is 13.1 Å². The zero-order valence-corrected chi connectivity index (χ0v) is 15.7. The Morgan fingerprint density at radius 3 is 2.46 bits per heavy atom. The monoisotopic (exact) mass is 382 g/mol. The molecule has 4 nitrogen and oxygen atoms in total. The lowest BCUT2D eigenvalue weighted by Gasteiger charge is -2.22. The number of hydrogen-bond acceptors (Lipinski definition) is 3. The smallest absolute Gasteiger partial charge is 0.236 e. The molecule has 2 aromatic rings. The van der Waals surface area contributed by atoms with Crippen molar-refractivity contribution < 1.29 is 18.3 Å². The van der Waals surface area contributed by atoms with Crippen molar-refractivity contribution >= 4 is 17.5 Å². The van der Waals surface area contributed by atoms with E-state index in [1.165, 1.54) is 36.3 Å². The van der Waals surface area contributed by atoms with Gasteiger partial charge in [-0.25, -0.2) is 8.78 Å². The molecule has 2 aromatic carbocycles. The fraction of sp³-hybridized carbons (Fsp3) is 0.316. The molecule has 0 N–H and O–H groups in total. The number of hydrogen-bond donors (Lipinski definition) is 0. The number of carbonyl (C=O) groups is 1. The Balaban J connectivity index is 1.95. The van der Waals surface area contributed by atoms with Gasteiger partial charge in [-0.2, -0.15) is 0 Å². The zero-order valence-electron chi connectivity index (χ0n) is 14.9. The van der Waals surface area contributed by atoms with Crippen LogP contribution in [0.2, 0.25) is 5.02 Å². The predicted octanol–water partition coefficient (Wildman–Crippen LogP) is 3.72. The molecule has 7 heteroatoms. The molecule has 0 radical (unpaired) electrons. The zero-order chi connectivity index (χ0) is 19.3. The Bertz CT molecular complexity index is 766. The van der Waals surface area contributed by atoms with Crippen molar-refractivity contribution in [3.8, 4) is 5.75 Å². The quantitative estimate of drug-likeness (QED) is 0.731. The van der Waals surface area contributed by atoms with Crippen LogP contribution in [0.25, 0.3) is 0 Å². The molecule has 0 aliphatic rings. The molecular formula is C19H21ClF2N2O2. The van der Waals surface area contributed by atoms with Crippen LogP contribution in [0.1, 0.15) is 11.1 Å². The highest BCUT2D eigenvalue weighted by atomic mass is 35.5. The summed E-state index contributed by atoms with van der Waals surface area (Å²) in [6, 6.07) is 9.05. The van der Waals surface area contributed by atoms with Crippen molar-refractivity contribution in [2.24, 2.45) is 0 Å². The number of nitrogens with zero attached hydrogens (tertiary/aromatic N) is 2. The van der Waals surface area contributed by atoms with Gasteiger partial charge in [0, 0.05) is 30.7 Å². The maximum atomic E-state index is 13.8. The summed E-state index contributed by atoms with van der Waals surface area (Å²) in [6.07, 6.45) is 0. The second-order valence-electron chi connectivity index (χ2n) is 6.09. The number of benzene rings is 2. The second-order valence-corrected chi connectivity index (χ2v) is 6.50. The first-order chi connectivity index (χ1) is 12.3. The highest BCUT2D eigenvalue weighted by Crippen LogP contribution is 2.21. The van der Waals surface area contributed by atoms with E-state index in [0.29, 0.717) is 16.1 Å². The third kappa shape index (κ3) is 5.16. The molecule has 0 aliphatic heterocycles. The average Bonchev–Trinajstić information content (AvgIpc) is 2.58. The van der Waals surface area contributed by atoms with Gasteiger partial charge in [0.05, 0.1) is 13.7 Å². The van der Waals surface area contributed by atoms with Crippen molar-refractivity contribution in [3.63, 3.8) is 0 Å².